The average molecular weight is 260 g/mol. The third-order valence-electron chi connectivity index (χ3n) is 2.60. The molecule has 1 amide bonds. The second-order valence-electron chi connectivity index (χ2n) is 4.05. The van der Waals surface area contributed by atoms with Crippen LogP contribution in [0.5, 0.6) is 0 Å². The summed E-state index contributed by atoms with van der Waals surface area (Å²) in [6.45, 7) is 0.832. The van der Waals surface area contributed by atoms with Crippen LogP contribution >= 0.6 is 0 Å². The summed E-state index contributed by atoms with van der Waals surface area (Å²) < 4.78 is 5.08. The summed E-state index contributed by atoms with van der Waals surface area (Å²) in [5.74, 6) is -0.478. The Morgan fingerprint density at radius 1 is 1.37 bits per heavy atom. The highest BCUT2D eigenvalue weighted by Crippen LogP contribution is 2.27. The number of hydrogen-bond donors (Lipinski definition) is 3. The van der Waals surface area contributed by atoms with Crippen molar-refractivity contribution in [3.05, 3.63) is 30.5 Å². The number of nitrogen functional groups attached to an aromatic ring is 1. The van der Waals surface area contributed by atoms with Gasteiger partial charge in [0.05, 0.1) is 29.7 Å². The molecule has 0 bridgehead atoms. The van der Waals surface area contributed by atoms with Crippen molar-refractivity contribution in [1.82, 2.24) is 4.98 Å². The third kappa shape index (κ3) is 3.32. The molecule has 0 unspecified atom stereocenters. The Labute approximate surface area is 110 Å². The van der Waals surface area contributed by atoms with Crippen LogP contribution in [0.15, 0.2) is 30.5 Å². The van der Waals surface area contributed by atoms with Crippen molar-refractivity contribution >= 4 is 28.2 Å². The zero-order valence-electron chi connectivity index (χ0n) is 10.4. The molecule has 2 aromatic rings. The van der Waals surface area contributed by atoms with Gasteiger partial charge in [0.1, 0.15) is 6.61 Å². The molecular weight excluding hydrogens is 244 g/mol. The molecule has 0 aliphatic carbocycles. The second-order valence-corrected chi connectivity index (χ2v) is 4.05. The van der Waals surface area contributed by atoms with Crippen LogP contribution in [0, 0.1) is 0 Å². The first kappa shape index (κ1) is 13.1. The number of para-hydroxylation sites is 1. The lowest BCUT2D eigenvalue weighted by Crippen LogP contribution is -2.20. The molecule has 19 heavy (non-hydrogen) atoms. The van der Waals surface area contributed by atoms with Crippen LogP contribution in [0.4, 0.5) is 11.4 Å². The summed E-state index contributed by atoms with van der Waals surface area (Å²) in [6.07, 6.45) is 1.62. The second kappa shape index (κ2) is 6.01. The number of ether oxygens (including phenoxy) is 1. The molecule has 0 aliphatic heterocycles. The molecule has 0 saturated heterocycles. The van der Waals surface area contributed by atoms with Crippen LogP contribution in [-0.4, -0.2) is 30.6 Å². The number of nitrogens with zero attached hydrogens (tertiary/aromatic N) is 1. The van der Waals surface area contributed by atoms with Crippen LogP contribution in [-0.2, 0) is 9.53 Å². The minimum Gasteiger partial charge on any atom is -0.396 e. The van der Waals surface area contributed by atoms with Crippen LogP contribution in [0.1, 0.15) is 0 Å². The van der Waals surface area contributed by atoms with Crippen LogP contribution in [0.3, 0.4) is 0 Å². The summed E-state index contributed by atoms with van der Waals surface area (Å²) in [5.41, 5.74) is 13.2. The van der Waals surface area contributed by atoms with Gasteiger partial charge < -0.3 is 21.5 Å². The Bertz CT molecular complexity index is 586. The topological polar surface area (TPSA) is 103 Å². The van der Waals surface area contributed by atoms with Crippen molar-refractivity contribution < 1.29 is 9.53 Å². The fourth-order valence-electron chi connectivity index (χ4n) is 1.78. The van der Waals surface area contributed by atoms with Gasteiger partial charge in [-0.2, -0.15) is 0 Å². The van der Waals surface area contributed by atoms with E-state index in [1.165, 1.54) is 0 Å². The first-order valence-corrected chi connectivity index (χ1v) is 5.91. The Hall–Kier alpha value is -2.34. The van der Waals surface area contributed by atoms with Gasteiger partial charge in [-0.05, 0) is 6.07 Å². The lowest BCUT2D eigenvalue weighted by atomic mass is 10.1. The fraction of sp³-hybridized carbons (Fsp3) is 0.231. The molecule has 1 aromatic heterocycles. The number of benzene rings is 1. The summed E-state index contributed by atoms with van der Waals surface area (Å²) >= 11 is 0. The number of nitrogens with two attached hydrogens (primary N) is 2. The molecule has 1 aromatic carbocycles. The van der Waals surface area contributed by atoms with Crippen LogP contribution in [0.2, 0.25) is 0 Å². The molecule has 0 spiro atoms. The first-order chi connectivity index (χ1) is 9.18. The number of primary amides is 1. The highest BCUT2D eigenvalue weighted by atomic mass is 16.5. The molecule has 6 nitrogen and oxygen atoms in total. The number of fused-ring (bicyclic) bond motifs is 1. The van der Waals surface area contributed by atoms with Crippen molar-refractivity contribution in [3.63, 3.8) is 0 Å². The normalized spacial score (nSPS) is 10.5. The van der Waals surface area contributed by atoms with Gasteiger partial charge in [0.2, 0.25) is 5.91 Å². The number of carbonyl (C=O) groups is 1. The van der Waals surface area contributed by atoms with E-state index in [-0.39, 0.29) is 6.61 Å². The van der Waals surface area contributed by atoms with E-state index in [9.17, 15) is 4.79 Å². The van der Waals surface area contributed by atoms with Crippen molar-refractivity contribution in [3.8, 4) is 0 Å². The molecule has 6 heteroatoms. The van der Waals surface area contributed by atoms with E-state index in [1.807, 2.05) is 24.3 Å². The zero-order chi connectivity index (χ0) is 13.7. The number of carbonyl (C=O) groups excluding carboxylic acids is 1. The van der Waals surface area contributed by atoms with Gasteiger partial charge in [-0.1, -0.05) is 18.2 Å². The van der Waals surface area contributed by atoms with Crippen molar-refractivity contribution in [2.45, 2.75) is 0 Å². The summed E-state index contributed by atoms with van der Waals surface area (Å²) in [5, 5.41) is 4.14. The summed E-state index contributed by atoms with van der Waals surface area (Å²) in [6, 6.07) is 7.72. The zero-order valence-corrected chi connectivity index (χ0v) is 10.4. The molecule has 0 radical (unpaired) electrons. The molecular formula is C13H16N4O2. The van der Waals surface area contributed by atoms with Gasteiger partial charge in [0, 0.05) is 11.9 Å². The van der Waals surface area contributed by atoms with E-state index < -0.39 is 5.91 Å². The molecule has 0 saturated carbocycles. The van der Waals surface area contributed by atoms with Gasteiger partial charge in [-0.3, -0.25) is 9.78 Å². The molecule has 5 N–H and O–H groups in total. The maximum atomic E-state index is 10.5. The monoisotopic (exact) mass is 260 g/mol. The summed E-state index contributed by atoms with van der Waals surface area (Å²) in [7, 11) is 0. The Balaban J connectivity index is 2.03. The summed E-state index contributed by atoms with van der Waals surface area (Å²) in [4.78, 5) is 14.8. The maximum Gasteiger partial charge on any atom is 0.243 e. The Morgan fingerprint density at radius 2 is 2.16 bits per heavy atom. The van der Waals surface area contributed by atoms with Gasteiger partial charge >= 0.3 is 0 Å². The molecule has 0 atom stereocenters. The number of nitrogens with one attached hydrogen (secondary N) is 1. The lowest BCUT2D eigenvalue weighted by molar-refractivity contribution is -0.122. The average Bonchev–Trinajstić information content (AvgIpc) is 2.40. The van der Waals surface area contributed by atoms with Crippen LogP contribution < -0.4 is 16.8 Å². The number of rotatable bonds is 6. The van der Waals surface area contributed by atoms with Crippen LogP contribution in [0.25, 0.3) is 10.9 Å². The Kier molecular flexibility index (Phi) is 4.15. The number of hydrogen-bond acceptors (Lipinski definition) is 5. The predicted octanol–water partition coefficient (Wildman–Crippen LogP) is 0.731. The smallest absolute Gasteiger partial charge is 0.243 e. The molecule has 0 fully saturated rings. The molecule has 0 aliphatic rings. The van der Waals surface area contributed by atoms with Gasteiger partial charge in [-0.25, -0.2) is 0 Å². The molecule has 1 heterocycles. The highest BCUT2D eigenvalue weighted by molar-refractivity contribution is 5.96. The minimum atomic E-state index is -0.478. The largest absolute Gasteiger partial charge is 0.396 e. The van der Waals surface area contributed by atoms with Crippen molar-refractivity contribution in [2.24, 2.45) is 5.73 Å². The van der Waals surface area contributed by atoms with Crippen molar-refractivity contribution in [2.75, 3.05) is 30.8 Å². The van der Waals surface area contributed by atoms with Crippen molar-refractivity contribution in [1.29, 1.82) is 0 Å². The van der Waals surface area contributed by atoms with Gasteiger partial charge in [-0.15, -0.1) is 0 Å². The van der Waals surface area contributed by atoms with E-state index in [1.54, 1.807) is 6.20 Å². The molecule has 2 rings (SSSR count). The van der Waals surface area contributed by atoms with E-state index in [2.05, 4.69) is 10.3 Å². The number of anilines is 2. The maximum absolute atomic E-state index is 10.5. The number of aromatic nitrogens is 1. The Morgan fingerprint density at radius 3 is 2.95 bits per heavy atom. The fourth-order valence-corrected chi connectivity index (χ4v) is 1.78. The minimum absolute atomic E-state index is 0.0751. The molecule has 100 valence electrons. The predicted molar refractivity (Wildman–Crippen MR) is 74.7 cm³/mol. The van der Waals surface area contributed by atoms with E-state index >= 15 is 0 Å². The quantitative estimate of drug-likeness (QED) is 0.664. The number of amides is 1. The highest BCUT2D eigenvalue weighted by Gasteiger charge is 2.05. The van der Waals surface area contributed by atoms with E-state index in [0.717, 1.165) is 16.6 Å². The van der Waals surface area contributed by atoms with E-state index in [4.69, 9.17) is 16.2 Å². The first-order valence-electron chi connectivity index (χ1n) is 5.91. The van der Waals surface area contributed by atoms with Gasteiger partial charge in [0.15, 0.2) is 0 Å². The number of pyridine rings is 1. The standard InChI is InChI=1S/C13H16N4O2/c14-10-7-17-11-4-2-1-3-9(11)13(10)16-5-6-19-8-12(15)18/h1-4,7H,5-6,8,14H2,(H2,15,18)(H,16,17). The SMILES string of the molecule is NC(=O)COCCNc1c(N)cnc2ccccc12. The lowest BCUT2D eigenvalue weighted by Gasteiger charge is -2.12. The van der Waals surface area contributed by atoms with E-state index in [0.29, 0.717) is 18.8 Å². The van der Waals surface area contributed by atoms with Gasteiger partial charge in [0.25, 0.3) is 0 Å². The third-order valence-corrected chi connectivity index (χ3v) is 2.60.